The third-order valence-corrected chi connectivity index (χ3v) is 10.7. The van der Waals surface area contributed by atoms with Gasteiger partial charge in [-0.25, -0.2) is 0 Å². The summed E-state index contributed by atoms with van der Waals surface area (Å²) in [6.07, 6.45) is 6.49. The van der Waals surface area contributed by atoms with Gasteiger partial charge in [0.15, 0.2) is 0 Å². The summed E-state index contributed by atoms with van der Waals surface area (Å²) in [5.41, 5.74) is 2.16. The summed E-state index contributed by atoms with van der Waals surface area (Å²) in [6, 6.07) is 26.0. The number of carbonyl (C=O) groups excluding carboxylic acids is 2. The maximum absolute atomic E-state index is 14.1. The first-order chi connectivity index (χ1) is 20.9. The summed E-state index contributed by atoms with van der Waals surface area (Å²) in [4.78, 5) is 32.5. The second-order valence-electron chi connectivity index (χ2n) is 12.6. The van der Waals surface area contributed by atoms with E-state index in [4.69, 9.17) is 23.2 Å². The molecule has 0 aromatic heterocycles. The van der Waals surface area contributed by atoms with Crippen molar-refractivity contribution in [2.75, 3.05) is 39.3 Å². The summed E-state index contributed by atoms with van der Waals surface area (Å²) >= 11 is 12.6. The van der Waals surface area contributed by atoms with Crippen molar-refractivity contribution in [1.29, 1.82) is 0 Å². The Morgan fingerprint density at radius 2 is 1.47 bits per heavy atom. The molecule has 3 aromatic carbocycles. The highest BCUT2D eigenvalue weighted by atomic mass is 35.5. The lowest BCUT2D eigenvalue weighted by Crippen LogP contribution is -2.54. The molecule has 3 aliphatic rings. The topological polar surface area (TPSA) is 52.7 Å². The summed E-state index contributed by atoms with van der Waals surface area (Å²) in [5, 5.41) is 4.62. The van der Waals surface area contributed by atoms with Crippen LogP contribution in [0.1, 0.15) is 55.2 Å². The molecule has 3 fully saturated rings. The van der Waals surface area contributed by atoms with Gasteiger partial charge in [-0.1, -0.05) is 83.9 Å². The molecule has 1 N–H and O–H groups in total. The second kappa shape index (κ2) is 13.0. The molecule has 2 amide bonds. The Bertz CT molecular complexity index is 1420. The maximum Gasteiger partial charge on any atom is 0.233 e. The Balaban J connectivity index is 1.15. The smallest absolute Gasteiger partial charge is 0.233 e. The third-order valence-electron chi connectivity index (χ3n) is 10.1. The first kappa shape index (κ1) is 30.2. The molecule has 2 aliphatic heterocycles. The fourth-order valence-corrected chi connectivity index (χ4v) is 7.80. The normalized spacial score (nSPS) is 23.5. The van der Waals surface area contributed by atoms with Crippen molar-refractivity contribution < 1.29 is 9.59 Å². The first-order valence-corrected chi connectivity index (χ1v) is 16.5. The van der Waals surface area contributed by atoms with Gasteiger partial charge < -0.3 is 15.1 Å². The number of halogens is 2. The molecule has 7 heteroatoms. The minimum absolute atomic E-state index is 0.0720. The van der Waals surface area contributed by atoms with Gasteiger partial charge in [0.1, 0.15) is 0 Å². The Hall–Kier alpha value is -2.86. The molecule has 226 valence electrons. The zero-order valence-electron chi connectivity index (χ0n) is 24.7. The van der Waals surface area contributed by atoms with E-state index in [1.54, 1.807) is 0 Å². The highest BCUT2D eigenvalue weighted by Crippen LogP contribution is 2.55. The number of hydrogen-bond acceptors (Lipinski definition) is 3. The minimum Gasteiger partial charge on any atom is -0.355 e. The molecular weight excluding hydrogens is 577 g/mol. The van der Waals surface area contributed by atoms with E-state index in [9.17, 15) is 9.59 Å². The summed E-state index contributed by atoms with van der Waals surface area (Å²) in [6.45, 7) is 4.80. The van der Waals surface area contributed by atoms with Crippen LogP contribution in [-0.4, -0.2) is 60.9 Å². The monoisotopic (exact) mass is 617 g/mol. The van der Waals surface area contributed by atoms with Crippen molar-refractivity contribution >= 4 is 35.0 Å². The van der Waals surface area contributed by atoms with Gasteiger partial charge in [-0.15, -0.1) is 0 Å². The van der Waals surface area contributed by atoms with Crippen LogP contribution in [0.4, 0.5) is 0 Å². The first-order valence-electron chi connectivity index (χ1n) is 15.8. The third kappa shape index (κ3) is 6.22. The molecule has 0 bridgehead atoms. The van der Waals surface area contributed by atoms with E-state index in [0.717, 1.165) is 86.5 Å². The molecule has 0 unspecified atom stereocenters. The lowest BCUT2D eigenvalue weighted by atomic mass is 9.71. The largest absolute Gasteiger partial charge is 0.355 e. The molecule has 3 aromatic rings. The average molecular weight is 619 g/mol. The van der Waals surface area contributed by atoms with Crippen LogP contribution < -0.4 is 5.32 Å². The molecular formula is C36H41Cl2N3O2. The Morgan fingerprint density at radius 1 is 0.791 bits per heavy atom. The van der Waals surface area contributed by atoms with Gasteiger partial charge in [-0.3, -0.25) is 9.59 Å². The molecule has 2 saturated heterocycles. The van der Waals surface area contributed by atoms with Crippen molar-refractivity contribution in [3.05, 3.63) is 106 Å². The molecule has 0 radical (unpaired) electrons. The van der Waals surface area contributed by atoms with Crippen LogP contribution in [0.15, 0.2) is 78.9 Å². The van der Waals surface area contributed by atoms with Crippen LogP contribution in [0.5, 0.6) is 0 Å². The molecule has 2 atom stereocenters. The molecule has 5 nitrogen and oxygen atoms in total. The number of likely N-dealkylation sites (tertiary alicyclic amines) is 2. The van der Waals surface area contributed by atoms with Gasteiger partial charge in [0.2, 0.25) is 11.8 Å². The van der Waals surface area contributed by atoms with Crippen LogP contribution in [0, 0.1) is 5.92 Å². The number of benzene rings is 3. The van der Waals surface area contributed by atoms with Crippen LogP contribution in [0.3, 0.4) is 0 Å². The SMILES string of the molecule is O=C(N1CCCCC1)C1(c2ccccc2)CCN(C[C@@H]2C[C@@]2(C(=O)NCCc2ccccc2Cl)c2ccc(Cl)cc2)CC1. The quantitative estimate of drug-likeness (QED) is 0.292. The summed E-state index contributed by atoms with van der Waals surface area (Å²) in [5.74, 6) is 0.580. The van der Waals surface area contributed by atoms with E-state index in [2.05, 4.69) is 39.4 Å². The van der Waals surface area contributed by atoms with Crippen molar-refractivity contribution in [2.45, 2.75) is 55.8 Å². The number of rotatable bonds is 9. The molecule has 2 heterocycles. The number of hydrogen-bond donors (Lipinski definition) is 1. The van der Waals surface area contributed by atoms with E-state index in [1.807, 2.05) is 54.6 Å². The predicted molar refractivity (Wildman–Crippen MR) is 174 cm³/mol. The fourth-order valence-electron chi connectivity index (χ4n) is 7.44. The zero-order chi connectivity index (χ0) is 29.9. The van der Waals surface area contributed by atoms with Crippen molar-refractivity contribution in [2.24, 2.45) is 5.92 Å². The van der Waals surface area contributed by atoms with Crippen LogP contribution in [0.25, 0.3) is 0 Å². The van der Waals surface area contributed by atoms with Gasteiger partial charge >= 0.3 is 0 Å². The molecule has 1 aliphatic carbocycles. The number of piperidine rings is 2. The van der Waals surface area contributed by atoms with Crippen molar-refractivity contribution in [3.63, 3.8) is 0 Å². The lowest BCUT2D eigenvalue weighted by molar-refractivity contribution is -0.140. The van der Waals surface area contributed by atoms with Crippen molar-refractivity contribution in [1.82, 2.24) is 15.1 Å². The fraction of sp³-hybridized carbons (Fsp3) is 0.444. The Morgan fingerprint density at radius 3 is 2.16 bits per heavy atom. The number of carbonyl (C=O) groups is 2. The standard InChI is InChI=1S/C36H41Cl2N3O2/c37-31-15-13-29(14-16-31)36(33(42)39-20-17-27-9-5-6-12-32(27)38)25-30(36)26-40-23-18-35(19-24-40,28-10-3-1-4-11-28)34(43)41-21-7-2-8-22-41/h1,3-6,9-16,30H,2,7-8,17-26H2,(H,39,42)/t30-,36+/m0/s1. The van der Waals surface area contributed by atoms with Crippen LogP contribution in [0.2, 0.25) is 10.0 Å². The molecule has 6 rings (SSSR count). The van der Waals surface area contributed by atoms with Crippen LogP contribution >= 0.6 is 23.2 Å². The van der Waals surface area contributed by atoms with Gasteiger partial charge in [0, 0.05) is 36.2 Å². The van der Waals surface area contributed by atoms with E-state index < -0.39 is 10.8 Å². The van der Waals surface area contributed by atoms with Gasteiger partial charge in [0.25, 0.3) is 0 Å². The maximum atomic E-state index is 14.1. The number of nitrogens with one attached hydrogen (secondary N) is 1. The van der Waals surface area contributed by atoms with Crippen LogP contribution in [-0.2, 0) is 26.8 Å². The average Bonchev–Trinajstić information content (AvgIpc) is 3.78. The van der Waals surface area contributed by atoms with E-state index in [1.165, 1.54) is 6.42 Å². The van der Waals surface area contributed by atoms with E-state index in [0.29, 0.717) is 23.9 Å². The van der Waals surface area contributed by atoms with Gasteiger partial charge in [-0.2, -0.15) is 0 Å². The Kier molecular flexibility index (Phi) is 9.13. The Labute approximate surface area is 265 Å². The lowest BCUT2D eigenvalue weighted by Gasteiger charge is -2.44. The number of amides is 2. The zero-order valence-corrected chi connectivity index (χ0v) is 26.3. The minimum atomic E-state index is -0.567. The van der Waals surface area contributed by atoms with E-state index >= 15 is 0 Å². The molecule has 0 spiro atoms. The second-order valence-corrected chi connectivity index (χ2v) is 13.4. The highest BCUT2D eigenvalue weighted by molar-refractivity contribution is 6.31. The molecule has 1 saturated carbocycles. The van der Waals surface area contributed by atoms with E-state index in [-0.39, 0.29) is 11.8 Å². The highest BCUT2D eigenvalue weighted by Gasteiger charge is 2.61. The predicted octanol–water partition coefficient (Wildman–Crippen LogP) is 6.66. The van der Waals surface area contributed by atoms with Gasteiger partial charge in [0.05, 0.1) is 10.8 Å². The van der Waals surface area contributed by atoms with Gasteiger partial charge in [-0.05, 0) is 98.8 Å². The molecule has 43 heavy (non-hydrogen) atoms. The van der Waals surface area contributed by atoms with Crippen molar-refractivity contribution in [3.8, 4) is 0 Å². The summed E-state index contributed by atoms with van der Waals surface area (Å²) < 4.78 is 0. The summed E-state index contributed by atoms with van der Waals surface area (Å²) in [7, 11) is 0. The number of nitrogens with zero attached hydrogens (tertiary/aromatic N) is 2.